The van der Waals surface area contributed by atoms with Gasteiger partial charge in [0.25, 0.3) is 5.91 Å². The van der Waals surface area contributed by atoms with Crippen molar-refractivity contribution < 1.29 is 19.0 Å². The molecule has 0 radical (unpaired) electrons. The van der Waals surface area contributed by atoms with Crippen LogP contribution in [0.1, 0.15) is 47.3 Å². The molecule has 3 rings (SSSR count). The van der Waals surface area contributed by atoms with E-state index in [4.69, 9.17) is 14.2 Å². The van der Waals surface area contributed by atoms with Gasteiger partial charge in [-0.05, 0) is 72.1 Å². The van der Waals surface area contributed by atoms with E-state index in [2.05, 4.69) is 42.4 Å². The van der Waals surface area contributed by atoms with Crippen LogP contribution in [0.4, 0.5) is 0 Å². The Bertz CT molecular complexity index is 1180. The molecule has 0 aliphatic heterocycles. The summed E-state index contributed by atoms with van der Waals surface area (Å²) in [5, 5.41) is 4.16. The summed E-state index contributed by atoms with van der Waals surface area (Å²) < 4.78 is 19.0. The summed E-state index contributed by atoms with van der Waals surface area (Å²) >= 11 is 7.05. The number of nitrogens with zero attached hydrogens (tertiary/aromatic N) is 1. The molecule has 1 amide bonds. The van der Waals surface area contributed by atoms with E-state index in [1.807, 2.05) is 57.2 Å². The van der Waals surface area contributed by atoms with Crippen molar-refractivity contribution in [2.75, 3.05) is 13.2 Å². The third-order valence-electron chi connectivity index (χ3n) is 4.88. The van der Waals surface area contributed by atoms with Crippen molar-refractivity contribution in [3.63, 3.8) is 0 Å². The molecule has 8 heteroatoms. The lowest BCUT2D eigenvalue weighted by Crippen LogP contribution is -2.18. The molecule has 3 aromatic rings. The molecule has 3 aromatic carbocycles. The van der Waals surface area contributed by atoms with Crippen LogP contribution in [-0.4, -0.2) is 25.3 Å². The molecule has 0 heterocycles. The molecule has 0 saturated carbocycles. The SMILES string of the molecule is CCCOc1ccc(C(=O)N/N=C/c2cc(Br)cc(Br)c2OCc2ccc(C)cc2)cc1OCC. The maximum atomic E-state index is 12.7. The monoisotopic (exact) mass is 602 g/mol. The Kier molecular flexibility index (Phi) is 10.2. The Morgan fingerprint density at radius 1 is 0.971 bits per heavy atom. The van der Waals surface area contributed by atoms with Crippen molar-refractivity contribution in [2.24, 2.45) is 5.10 Å². The fraction of sp³-hybridized carbons (Fsp3) is 0.259. The van der Waals surface area contributed by atoms with Gasteiger partial charge in [0.2, 0.25) is 0 Å². The predicted octanol–water partition coefficient (Wildman–Crippen LogP) is 7.05. The lowest BCUT2D eigenvalue weighted by molar-refractivity contribution is 0.0954. The molecule has 35 heavy (non-hydrogen) atoms. The zero-order valence-electron chi connectivity index (χ0n) is 19.9. The van der Waals surface area contributed by atoms with Gasteiger partial charge in [0.05, 0.1) is 23.9 Å². The average molecular weight is 604 g/mol. The summed E-state index contributed by atoms with van der Waals surface area (Å²) in [4.78, 5) is 12.7. The van der Waals surface area contributed by atoms with Crippen LogP contribution in [0.3, 0.4) is 0 Å². The van der Waals surface area contributed by atoms with E-state index in [1.54, 1.807) is 24.4 Å². The highest BCUT2D eigenvalue weighted by Crippen LogP contribution is 2.33. The first kappa shape index (κ1) is 26.8. The van der Waals surface area contributed by atoms with Gasteiger partial charge in [0, 0.05) is 15.6 Å². The van der Waals surface area contributed by atoms with E-state index < -0.39 is 0 Å². The number of carbonyl (C=O) groups excluding carboxylic acids is 1. The fourth-order valence-corrected chi connectivity index (χ4v) is 4.51. The first-order chi connectivity index (χ1) is 16.9. The van der Waals surface area contributed by atoms with Gasteiger partial charge in [0.1, 0.15) is 12.4 Å². The predicted molar refractivity (Wildman–Crippen MR) is 146 cm³/mol. The van der Waals surface area contributed by atoms with Gasteiger partial charge in [-0.15, -0.1) is 0 Å². The second-order valence-electron chi connectivity index (χ2n) is 7.72. The molecule has 0 aliphatic carbocycles. The van der Waals surface area contributed by atoms with Crippen LogP contribution in [0.15, 0.2) is 68.6 Å². The molecule has 0 unspecified atom stereocenters. The lowest BCUT2D eigenvalue weighted by atomic mass is 10.1. The number of halogens is 2. The quantitative estimate of drug-likeness (QED) is 0.188. The summed E-state index contributed by atoms with van der Waals surface area (Å²) in [6.07, 6.45) is 2.44. The van der Waals surface area contributed by atoms with E-state index in [-0.39, 0.29) is 5.91 Å². The van der Waals surface area contributed by atoms with Crippen molar-refractivity contribution in [3.8, 4) is 17.2 Å². The third kappa shape index (κ3) is 7.83. The van der Waals surface area contributed by atoms with Crippen molar-refractivity contribution in [1.82, 2.24) is 5.43 Å². The van der Waals surface area contributed by atoms with E-state index in [0.717, 1.165) is 20.9 Å². The number of hydrazone groups is 1. The summed E-state index contributed by atoms with van der Waals surface area (Å²) in [5.41, 5.74) is 5.94. The molecule has 0 fully saturated rings. The van der Waals surface area contributed by atoms with Crippen molar-refractivity contribution >= 4 is 44.0 Å². The number of aryl methyl sites for hydroxylation is 1. The zero-order valence-corrected chi connectivity index (χ0v) is 23.1. The molecule has 0 spiro atoms. The highest BCUT2D eigenvalue weighted by molar-refractivity contribution is 9.11. The van der Waals surface area contributed by atoms with Gasteiger partial charge in [-0.3, -0.25) is 4.79 Å². The van der Waals surface area contributed by atoms with Gasteiger partial charge < -0.3 is 14.2 Å². The smallest absolute Gasteiger partial charge is 0.271 e. The van der Waals surface area contributed by atoms with Crippen molar-refractivity contribution in [1.29, 1.82) is 0 Å². The van der Waals surface area contributed by atoms with Gasteiger partial charge in [0.15, 0.2) is 11.5 Å². The van der Waals surface area contributed by atoms with Gasteiger partial charge in [-0.25, -0.2) is 5.43 Å². The minimum Gasteiger partial charge on any atom is -0.490 e. The van der Waals surface area contributed by atoms with Crippen LogP contribution in [0, 0.1) is 6.92 Å². The summed E-state index contributed by atoms with van der Waals surface area (Å²) in [7, 11) is 0. The summed E-state index contributed by atoms with van der Waals surface area (Å²) in [6, 6.07) is 17.0. The molecule has 6 nitrogen and oxygen atoms in total. The Labute approximate surface area is 222 Å². The Hall–Kier alpha value is -2.84. The maximum Gasteiger partial charge on any atom is 0.271 e. The second kappa shape index (κ2) is 13.3. The average Bonchev–Trinajstić information content (AvgIpc) is 2.83. The highest BCUT2D eigenvalue weighted by Gasteiger charge is 2.13. The van der Waals surface area contributed by atoms with Gasteiger partial charge in [-0.1, -0.05) is 52.7 Å². The highest BCUT2D eigenvalue weighted by atomic mass is 79.9. The van der Waals surface area contributed by atoms with Crippen molar-refractivity contribution in [3.05, 3.63) is 85.8 Å². The molecule has 1 N–H and O–H groups in total. The van der Waals surface area contributed by atoms with Crippen LogP contribution in [0.2, 0.25) is 0 Å². The van der Waals surface area contributed by atoms with Crippen molar-refractivity contribution in [2.45, 2.75) is 33.8 Å². The normalized spacial score (nSPS) is 10.9. The molecular formula is C27H28Br2N2O4. The Morgan fingerprint density at radius 2 is 1.74 bits per heavy atom. The van der Waals surface area contributed by atoms with Crippen LogP contribution >= 0.6 is 31.9 Å². The number of amides is 1. The number of benzene rings is 3. The molecule has 184 valence electrons. The van der Waals surface area contributed by atoms with Crippen LogP contribution in [-0.2, 0) is 6.61 Å². The number of rotatable bonds is 11. The molecule has 0 atom stereocenters. The number of hydrogen-bond acceptors (Lipinski definition) is 5. The summed E-state index contributed by atoms with van der Waals surface area (Å²) in [6.45, 7) is 7.41. The van der Waals surface area contributed by atoms with E-state index in [1.165, 1.54) is 5.56 Å². The lowest BCUT2D eigenvalue weighted by Gasteiger charge is -2.13. The minimum atomic E-state index is -0.361. The van der Waals surface area contributed by atoms with E-state index in [0.29, 0.717) is 48.2 Å². The van der Waals surface area contributed by atoms with E-state index in [9.17, 15) is 4.79 Å². The first-order valence-corrected chi connectivity index (χ1v) is 12.9. The number of hydrogen-bond donors (Lipinski definition) is 1. The Morgan fingerprint density at radius 3 is 2.46 bits per heavy atom. The molecule has 0 aliphatic rings. The van der Waals surface area contributed by atoms with Gasteiger partial charge >= 0.3 is 0 Å². The standard InChI is InChI=1S/C27H28Br2N2O4/c1-4-12-34-24-11-10-20(14-25(24)33-5-2)27(32)31-30-16-21-13-22(28)15-23(29)26(21)35-17-19-8-6-18(3)7-9-19/h6-11,13-16H,4-5,12,17H2,1-3H3,(H,31,32)/b30-16+. The Balaban J connectivity index is 1.73. The van der Waals surface area contributed by atoms with Crippen LogP contribution < -0.4 is 19.6 Å². The summed E-state index contributed by atoms with van der Waals surface area (Å²) in [5.74, 6) is 1.41. The topological polar surface area (TPSA) is 69.2 Å². The second-order valence-corrected chi connectivity index (χ2v) is 9.49. The number of nitrogens with one attached hydrogen (secondary N) is 1. The maximum absolute atomic E-state index is 12.7. The fourth-order valence-electron chi connectivity index (χ4n) is 3.14. The van der Waals surface area contributed by atoms with Crippen LogP contribution in [0.5, 0.6) is 17.2 Å². The van der Waals surface area contributed by atoms with E-state index >= 15 is 0 Å². The number of carbonyl (C=O) groups is 1. The molecular weight excluding hydrogens is 576 g/mol. The van der Waals surface area contributed by atoms with Crippen LogP contribution in [0.25, 0.3) is 0 Å². The number of ether oxygens (including phenoxy) is 3. The first-order valence-electron chi connectivity index (χ1n) is 11.3. The van der Waals surface area contributed by atoms with Gasteiger partial charge in [-0.2, -0.15) is 5.10 Å². The molecule has 0 saturated heterocycles. The molecule has 0 aromatic heterocycles. The zero-order chi connectivity index (χ0) is 25.2. The third-order valence-corrected chi connectivity index (χ3v) is 5.92. The minimum absolute atomic E-state index is 0.361. The largest absolute Gasteiger partial charge is 0.490 e. The molecule has 0 bridgehead atoms.